The van der Waals surface area contributed by atoms with Gasteiger partial charge in [0.15, 0.2) is 0 Å². The van der Waals surface area contributed by atoms with Crippen LogP contribution in [0, 0.1) is 13.8 Å². The zero-order valence-electron chi connectivity index (χ0n) is 19.8. The van der Waals surface area contributed by atoms with Gasteiger partial charge in [0.2, 0.25) is 0 Å². The maximum absolute atomic E-state index is 12.6. The minimum Gasteiger partial charge on any atom is -0.458 e. The van der Waals surface area contributed by atoms with Crippen molar-refractivity contribution in [1.29, 1.82) is 0 Å². The van der Waals surface area contributed by atoms with Crippen molar-refractivity contribution < 1.29 is 13.9 Å². The molecule has 0 spiro atoms. The number of aryl methyl sites for hydroxylation is 1. The van der Waals surface area contributed by atoms with Crippen LogP contribution in [0.2, 0.25) is 5.02 Å². The lowest BCUT2D eigenvalue weighted by Gasteiger charge is -2.09. The Balaban J connectivity index is 1.35. The topological polar surface area (TPSA) is 74.3 Å². The molecule has 180 valence electrons. The third-order valence-corrected chi connectivity index (χ3v) is 6.55. The van der Waals surface area contributed by atoms with E-state index < -0.39 is 11.6 Å². The first-order valence-electron chi connectivity index (χ1n) is 11.5. The van der Waals surface area contributed by atoms with E-state index >= 15 is 0 Å². The Kier molecular flexibility index (Phi) is 6.44. The maximum atomic E-state index is 12.6. The molecule has 0 saturated carbocycles. The minimum atomic E-state index is -0.519. The molecule has 0 atom stereocenters. The fraction of sp³-hybridized carbons (Fsp3) is 0.138. The summed E-state index contributed by atoms with van der Waals surface area (Å²) in [4.78, 5) is 24.7. The Morgan fingerprint density at radius 3 is 2.67 bits per heavy atom. The monoisotopic (exact) mass is 498 g/mol. The van der Waals surface area contributed by atoms with Crippen molar-refractivity contribution in [1.82, 2.24) is 9.78 Å². The van der Waals surface area contributed by atoms with E-state index in [1.165, 1.54) is 12.1 Å². The number of carbonyl (C=O) groups excluding carboxylic acids is 1. The molecule has 3 aromatic carbocycles. The van der Waals surface area contributed by atoms with Gasteiger partial charge in [-0.3, -0.25) is 4.68 Å². The SMILES string of the molecule is Cc1nn(Cc2ccccc2Cl)c(C)c1C=CC(=O)OCc1cc(=O)oc2ccc3ccccc3c12. The molecule has 7 heteroatoms. The lowest BCUT2D eigenvalue weighted by atomic mass is 10.0. The number of aromatic nitrogens is 2. The Morgan fingerprint density at radius 2 is 1.83 bits per heavy atom. The lowest BCUT2D eigenvalue weighted by molar-refractivity contribution is -0.138. The second kappa shape index (κ2) is 9.84. The molecule has 0 aliphatic rings. The normalized spacial score (nSPS) is 11.5. The van der Waals surface area contributed by atoms with E-state index in [2.05, 4.69) is 5.10 Å². The molecule has 2 heterocycles. The summed E-state index contributed by atoms with van der Waals surface area (Å²) in [6, 6.07) is 20.5. The van der Waals surface area contributed by atoms with Gasteiger partial charge in [0.25, 0.3) is 0 Å². The summed E-state index contributed by atoms with van der Waals surface area (Å²) < 4.78 is 12.7. The minimum absolute atomic E-state index is 0.0526. The molecule has 0 bridgehead atoms. The van der Waals surface area contributed by atoms with Gasteiger partial charge in [0, 0.05) is 39.4 Å². The lowest BCUT2D eigenvalue weighted by Crippen LogP contribution is -2.06. The van der Waals surface area contributed by atoms with E-state index in [1.807, 2.05) is 73.1 Å². The van der Waals surface area contributed by atoms with Gasteiger partial charge < -0.3 is 9.15 Å². The van der Waals surface area contributed by atoms with E-state index in [0.717, 1.165) is 38.7 Å². The Bertz CT molecular complexity index is 1700. The highest BCUT2D eigenvalue weighted by atomic mass is 35.5. The van der Waals surface area contributed by atoms with Crippen molar-refractivity contribution in [2.24, 2.45) is 0 Å². The Hall–Kier alpha value is -4.16. The zero-order valence-corrected chi connectivity index (χ0v) is 20.6. The number of fused-ring (bicyclic) bond motifs is 3. The largest absolute Gasteiger partial charge is 0.458 e. The maximum Gasteiger partial charge on any atom is 0.336 e. The molecule has 5 rings (SSSR count). The summed E-state index contributed by atoms with van der Waals surface area (Å²) >= 11 is 6.30. The molecular weight excluding hydrogens is 476 g/mol. The summed E-state index contributed by atoms with van der Waals surface area (Å²) in [5, 5.41) is 7.98. The average Bonchev–Trinajstić information content (AvgIpc) is 3.14. The number of esters is 1. The number of hydrogen-bond donors (Lipinski definition) is 0. The van der Waals surface area contributed by atoms with Crippen LogP contribution in [0.4, 0.5) is 0 Å². The van der Waals surface area contributed by atoms with E-state index in [0.29, 0.717) is 22.7 Å². The van der Waals surface area contributed by atoms with Crippen LogP contribution >= 0.6 is 11.6 Å². The molecule has 36 heavy (non-hydrogen) atoms. The fourth-order valence-corrected chi connectivity index (χ4v) is 4.57. The van der Waals surface area contributed by atoms with Crippen molar-refractivity contribution in [2.75, 3.05) is 0 Å². The summed E-state index contributed by atoms with van der Waals surface area (Å²) in [5.41, 5.74) is 4.08. The first-order chi connectivity index (χ1) is 17.4. The first kappa shape index (κ1) is 23.6. The summed E-state index contributed by atoms with van der Waals surface area (Å²) in [6.45, 7) is 4.31. The van der Waals surface area contributed by atoms with Gasteiger partial charge in [-0.05, 0) is 48.4 Å². The van der Waals surface area contributed by atoms with Crippen molar-refractivity contribution in [3.8, 4) is 0 Å². The van der Waals surface area contributed by atoms with Gasteiger partial charge in [-0.15, -0.1) is 0 Å². The molecule has 0 aliphatic carbocycles. The number of ether oxygens (including phenoxy) is 1. The third-order valence-electron chi connectivity index (χ3n) is 6.19. The van der Waals surface area contributed by atoms with E-state index in [-0.39, 0.29) is 6.61 Å². The van der Waals surface area contributed by atoms with Gasteiger partial charge in [-0.1, -0.05) is 60.1 Å². The second-order valence-corrected chi connectivity index (χ2v) is 8.93. The van der Waals surface area contributed by atoms with Crippen LogP contribution in [0.25, 0.3) is 27.8 Å². The quantitative estimate of drug-likeness (QED) is 0.120. The fourth-order valence-electron chi connectivity index (χ4n) is 4.38. The molecule has 0 amide bonds. The molecule has 0 radical (unpaired) electrons. The molecule has 2 aromatic heterocycles. The second-order valence-electron chi connectivity index (χ2n) is 8.53. The molecule has 0 unspecified atom stereocenters. The number of benzene rings is 3. The van der Waals surface area contributed by atoms with Gasteiger partial charge in [0.1, 0.15) is 12.2 Å². The van der Waals surface area contributed by atoms with Crippen LogP contribution in [0.15, 0.2) is 82.0 Å². The number of nitrogens with zero attached hydrogens (tertiary/aromatic N) is 2. The Labute approximate surface area is 212 Å². The first-order valence-corrected chi connectivity index (χ1v) is 11.9. The molecule has 0 fully saturated rings. The van der Waals surface area contributed by atoms with E-state index in [9.17, 15) is 9.59 Å². The molecule has 6 nitrogen and oxygen atoms in total. The average molecular weight is 499 g/mol. The highest BCUT2D eigenvalue weighted by molar-refractivity contribution is 6.31. The van der Waals surface area contributed by atoms with E-state index in [4.69, 9.17) is 20.8 Å². The van der Waals surface area contributed by atoms with Crippen molar-refractivity contribution in [2.45, 2.75) is 27.0 Å². The zero-order chi connectivity index (χ0) is 25.2. The van der Waals surface area contributed by atoms with Gasteiger partial charge >= 0.3 is 11.6 Å². The predicted molar refractivity (Wildman–Crippen MR) is 141 cm³/mol. The summed E-state index contributed by atoms with van der Waals surface area (Å²) in [7, 11) is 0. The van der Waals surface area contributed by atoms with E-state index in [1.54, 1.807) is 12.1 Å². The van der Waals surface area contributed by atoms with Crippen molar-refractivity contribution >= 4 is 45.4 Å². The summed E-state index contributed by atoms with van der Waals surface area (Å²) in [5.74, 6) is -0.519. The number of hydrogen-bond acceptors (Lipinski definition) is 5. The molecule has 0 aliphatic heterocycles. The van der Waals surface area contributed by atoms with Crippen LogP contribution in [0.3, 0.4) is 0 Å². The smallest absolute Gasteiger partial charge is 0.336 e. The standard InChI is InChI=1S/C29H23ClN2O4/c1-18-23(19(2)32(31-18)16-21-8-4-6-10-25(21)30)12-14-27(33)35-17-22-15-28(34)36-26-13-11-20-7-3-5-9-24(20)29(22)26/h3-15H,16-17H2,1-2H3. The number of rotatable bonds is 6. The van der Waals surface area contributed by atoms with Gasteiger partial charge in [-0.2, -0.15) is 5.10 Å². The highest BCUT2D eigenvalue weighted by Crippen LogP contribution is 2.28. The Morgan fingerprint density at radius 1 is 1.06 bits per heavy atom. The molecule has 0 saturated heterocycles. The highest BCUT2D eigenvalue weighted by Gasteiger charge is 2.13. The van der Waals surface area contributed by atoms with Crippen LogP contribution < -0.4 is 5.63 Å². The molecular formula is C29H23ClN2O4. The number of carbonyl (C=O) groups is 1. The third kappa shape index (κ3) is 4.68. The van der Waals surface area contributed by atoms with Crippen molar-refractivity contribution in [3.63, 3.8) is 0 Å². The van der Waals surface area contributed by atoms with Crippen LogP contribution in [-0.4, -0.2) is 15.7 Å². The van der Waals surface area contributed by atoms with Crippen LogP contribution in [0.5, 0.6) is 0 Å². The molecule has 0 N–H and O–H groups in total. The van der Waals surface area contributed by atoms with Gasteiger partial charge in [0.05, 0.1) is 12.2 Å². The van der Waals surface area contributed by atoms with Crippen LogP contribution in [0.1, 0.15) is 28.1 Å². The van der Waals surface area contributed by atoms with Gasteiger partial charge in [-0.25, -0.2) is 9.59 Å². The van der Waals surface area contributed by atoms with Crippen molar-refractivity contribution in [3.05, 3.63) is 116 Å². The molecule has 5 aromatic rings. The number of halogens is 1. The summed E-state index contributed by atoms with van der Waals surface area (Å²) in [6.07, 6.45) is 3.08. The van der Waals surface area contributed by atoms with Crippen LogP contribution in [-0.2, 0) is 22.7 Å². The predicted octanol–water partition coefficient (Wildman–Crippen LogP) is 6.22.